The number of aryl methyl sites for hydroxylation is 2. The number of nitrogens with one attached hydrogen (secondary N) is 1. The van der Waals surface area contributed by atoms with Gasteiger partial charge in [-0.25, -0.2) is 9.97 Å². The second-order valence-electron chi connectivity index (χ2n) is 5.80. The summed E-state index contributed by atoms with van der Waals surface area (Å²) in [6.45, 7) is 8.68. The third-order valence-electron chi connectivity index (χ3n) is 3.52. The SMILES string of the molecule is CNc1nc(-c2ccc(C)c(C)c2)nc(CC(C)C)c1I. The Labute approximate surface area is 140 Å². The summed E-state index contributed by atoms with van der Waals surface area (Å²) in [7, 11) is 1.91. The van der Waals surface area contributed by atoms with Gasteiger partial charge in [0.1, 0.15) is 5.82 Å². The number of anilines is 1. The lowest BCUT2D eigenvalue weighted by Gasteiger charge is -2.13. The van der Waals surface area contributed by atoms with Crippen LogP contribution in [0.3, 0.4) is 0 Å². The van der Waals surface area contributed by atoms with Gasteiger partial charge in [-0.3, -0.25) is 0 Å². The molecule has 2 aromatic rings. The van der Waals surface area contributed by atoms with E-state index in [1.54, 1.807) is 0 Å². The van der Waals surface area contributed by atoms with Gasteiger partial charge in [0.15, 0.2) is 5.82 Å². The summed E-state index contributed by atoms with van der Waals surface area (Å²) in [5, 5.41) is 3.19. The molecule has 0 saturated carbocycles. The van der Waals surface area contributed by atoms with Crippen molar-refractivity contribution in [3.05, 3.63) is 38.6 Å². The molecule has 0 unspecified atom stereocenters. The highest BCUT2D eigenvalue weighted by Crippen LogP contribution is 2.26. The quantitative estimate of drug-likeness (QED) is 0.769. The summed E-state index contributed by atoms with van der Waals surface area (Å²) in [5.74, 6) is 2.29. The standard InChI is InChI=1S/C17H22IN3/c1-10(2)8-14-15(18)17(19-5)21-16(20-14)13-7-6-11(3)12(4)9-13/h6-7,9-10H,8H2,1-5H3,(H,19,20,21). The minimum Gasteiger partial charge on any atom is -0.372 e. The molecule has 0 saturated heterocycles. The Morgan fingerprint density at radius 2 is 1.86 bits per heavy atom. The summed E-state index contributed by atoms with van der Waals surface area (Å²) >= 11 is 2.33. The average Bonchev–Trinajstić information content (AvgIpc) is 2.43. The first-order valence-electron chi connectivity index (χ1n) is 7.24. The van der Waals surface area contributed by atoms with Crippen LogP contribution in [0.2, 0.25) is 0 Å². The molecule has 21 heavy (non-hydrogen) atoms. The van der Waals surface area contributed by atoms with Crippen LogP contribution in [0.5, 0.6) is 0 Å². The molecule has 0 aliphatic rings. The molecular formula is C17H22IN3. The van der Waals surface area contributed by atoms with Crippen molar-refractivity contribution in [1.29, 1.82) is 0 Å². The van der Waals surface area contributed by atoms with Crippen LogP contribution >= 0.6 is 22.6 Å². The van der Waals surface area contributed by atoms with Crippen LogP contribution < -0.4 is 5.32 Å². The van der Waals surface area contributed by atoms with Crippen LogP contribution in [0, 0.1) is 23.3 Å². The minimum absolute atomic E-state index is 0.575. The third-order valence-corrected chi connectivity index (χ3v) is 4.66. The van der Waals surface area contributed by atoms with E-state index in [0.717, 1.165) is 32.9 Å². The van der Waals surface area contributed by atoms with E-state index in [1.807, 2.05) is 7.05 Å². The minimum atomic E-state index is 0.575. The monoisotopic (exact) mass is 395 g/mol. The molecule has 0 fully saturated rings. The second kappa shape index (κ2) is 6.73. The highest BCUT2D eigenvalue weighted by molar-refractivity contribution is 14.1. The summed E-state index contributed by atoms with van der Waals surface area (Å²) < 4.78 is 1.12. The maximum Gasteiger partial charge on any atom is 0.161 e. The van der Waals surface area contributed by atoms with Gasteiger partial charge in [-0.2, -0.15) is 0 Å². The molecule has 0 radical (unpaired) electrons. The van der Waals surface area contributed by atoms with Gasteiger partial charge in [-0.1, -0.05) is 26.0 Å². The lowest BCUT2D eigenvalue weighted by atomic mass is 10.0. The molecule has 0 spiro atoms. The first-order valence-corrected chi connectivity index (χ1v) is 8.32. The Kier molecular flexibility index (Phi) is 5.19. The van der Waals surface area contributed by atoms with Crippen LogP contribution in [-0.2, 0) is 6.42 Å². The Morgan fingerprint density at radius 3 is 2.43 bits per heavy atom. The molecule has 1 N–H and O–H groups in total. The first-order chi connectivity index (χ1) is 9.92. The molecule has 3 nitrogen and oxygen atoms in total. The maximum absolute atomic E-state index is 4.80. The zero-order valence-electron chi connectivity index (χ0n) is 13.3. The molecule has 2 rings (SSSR count). The predicted octanol–water partition coefficient (Wildman–Crippen LogP) is 4.61. The number of rotatable bonds is 4. The molecule has 0 bridgehead atoms. The van der Waals surface area contributed by atoms with E-state index in [-0.39, 0.29) is 0 Å². The van der Waals surface area contributed by atoms with Crippen LogP contribution in [0.25, 0.3) is 11.4 Å². The van der Waals surface area contributed by atoms with Crippen molar-refractivity contribution in [3.63, 3.8) is 0 Å². The zero-order valence-corrected chi connectivity index (χ0v) is 15.4. The molecule has 1 aromatic carbocycles. The summed E-state index contributed by atoms with van der Waals surface area (Å²) in [4.78, 5) is 9.47. The van der Waals surface area contributed by atoms with Crippen LogP contribution in [0.1, 0.15) is 30.7 Å². The number of aromatic nitrogens is 2. The van der Waals surface area contributed by atoms with Gasteiger partial charge in [-0.15, -0.1) is 0 Å². The van der Waals surface area contributed by atoms with Crippen molar-refractivity contribution < 1.29 is 0 Å². The summed E-state index contributed by atoms with van der Waals surface area (Å²) in [5.41, 5.74) is 4.76. The van der Waals surface area contributed by atoms with Crippen molar-refractivity contribution in [3.8, 4) is 11.4 Å². The van der Waals surface area contributed by atoms with Crippen LogP contribution in [0.15, 0.2) is 18.2 Å². The molecule has 4 heteroatoms. The molecule has 112 valence electrons. The van der Waals surface area contributed by atoms with Gasteiger partial charge >= 0.3 is 0 Å². The largest absolute Gasteiger partial charge is 0.372 e. The lowest BCUT2D eigenvalue weighted by Crippen LogP contribution is -2.08. The van der Waals surface area contributed by atoms with Crippen LogP contribution in [0.4, 0.5) is 5.82 Å². The van der Waals surface area contributed by atoms with Gasteiger partial charge in [0, 0.05) is 12.6 Å². The van der Waals surface area contributed by atoms with Crippen molar-refractivity contribution in [1.82, 2.24) is 9.97 Å². The highest BCUT2D eigenvalue weighted by atomic mass is 127. The Bertz CT molecular complexity index is 651. The van der Waals surface area contributed by atoms with E-state index in [2.05, 4.69) is 78.8 Å². The third kappa shape index (κ3) is 3.73. The Morgan fingerprint density at radius 1 is 1.14 bits per heavy atom. The van der Waals surface area contributed by atoms with Gasteiger partial charge in [-0.05, 0) is 66.0 Å². The van der Waals surface area contributed by atoms with E-state index in [4.69, 9.17) is 4.98 Å². The first kappa shape index (κ1) is 16.2. The fraction of sp³-hybridized carbons (Fsp3) is 0.412. The van der Waals surface area contributed by atoms with Crippen molar-refractivity contribution in [2.24, 2.45) is 5.92 Å². The predicted molar refractivity (Wildman–Crippen MR) is 97.7 cm³/mol. The average molecular weight is 395 g/mol. The summed E-state index contributed by atoms with van der Waals surface area (Å²) in [6, 6.07) is 6.40. The number of nitrogens with zero attached hydrogens (tertiary/aromatic N) is 2. The van der Waals surface area contributed by atoms with E-state index in [0.29, 0.717) is 5.92 Å². The fourth-order valence-corrected chi connectivity index (χ4v) is 2.92. The number of benzene rings is 1. The molecule has 0 amide bonds. The van der Waals surface area contributed by atoms with Gasteiger partial charge < -0.3 is 5.32 Å². The Balaban J connectivity index is 2.54. The van der Waals surface area contributed by atoms with E-state index in [1.165, 1.54) is 11.1 Å². The Hall–Kier alpha value is -1.17. The van der Waals surface area contributed by atoms with E-state index in [9.17, 15) is 0 Å². The zero-order chi connectivity index (χ0) is 15.6. The number of hydrogen-bond acceptors (Lipinski definition) is 3. The smallest absolute Gasteiger partial charge is 0.161 e. The van der Waals surface area contributed by atoms with Crippen molar-refractivity contribution >= 4 is 28.4 Å². The lowest BCUT2D eigenvalue weighted by molar-refractivity contribution is 0.632. The molecule has 1 heterocycles. The van der Waals surface area contributed by atoms with E-state index >= 15 is 0 Å². The molecule has 0 atom stereocenters. The summed E-state index contributed by atoms with van der Waals surface area (Å²) in [6.07, 6.45) is 0.966. The molecule has 0 aliphatic heterocycles. The number of halogens is 1. The molecule has 0 aliphatic carbocycles. The fourth-order valence-electron chi connectivity index (χ4n) is 2.19. The van der Waals surface area contributed by atoms with Gasteiger partial charge in [0.05, 0.1) is 9.26 Å². The van der Waals surface area contributed by atoms with Gasteiger partial charge in [0.2, 0.25) is 0 Å². The van der Waals surface area contributed by atoms with E-state index < -0.39 is 0 Å². The molecular weight excluding hydrogens is 373 g/mol. The second-order valence-corrected chi connectivity index (χ2v) is 6.88. The van der Waals surface area contributed by atoms with Crippen molar-refractivity contribution in [2.45, 2.75) is 34.1 Å². The maximum atomic E-state index is 4.80. The molecule has 1 aromatic heterocycles. The normalized spacial score (nSPS) is 11.0. The van der Waals surface area contributed by atoms with Gasteiger partial charge in [0.25, 0.3) is 0 Å². The highest BCUT2D eigenvalue weighted by Gasteiger charge is 2.14. The topological polar surface area (TPSA) is 37.8 Å². The van der Waals surface area contributed by atoms with Crippen molar-refractivity contribution in [2.75, 3.05) is 12.4 Å². The van der Waals surface area contributed by atoms with Crippen LogP contribution in [-0.4, -0.2) is 17.0 Å². The number of hydrogen-bond donors (Lipinski definition) is 1.